The number of anilines is 1. The van der Waals surface area contributed by atoms with Gasteiger partial charge in [0, 0.05) is 32.2 Å². The lowest BCUT2D eigenvalue weighted by Crippen LogP contribution is -2.46. The lowest BCUT2D eigenvalue weighted by atomic mass is 10.1. The zero-order valence-corrected chi connectivity index (χ0v) is 15.6. The van der Waals surface area contributed by atoms with E-state index in [-0.39, 0.29) is 39.5 Å². The highest BCUT2D eigenvalue weighted by atomic mass is 35.5. The molecule has 2 aromatic rings. The van der Waals surface area contributed by atoms with Crippen molar-refractivity contribution < 1.29 is 18.3 Å². The molecule has 25 heavy (non-hydrogen) atoms. The Morgan fingerprint density at radius 3 is 2.56 bits per heavy atom. The van der Waals surface area contributed by atoms with Gasteiger partial charge in [-0.1, -0.05) is 6.07 Å². The van der Waals surface area contributed by atoms with Crippen LogP contribution in [0, 0.1) is 0 Å². The average Bonchev–Trinajstić information content (AvgIpc) is 3.10. The van der Waals surface area contributed by atoms with Crippen LogP contribution in [0.3, 0.4) is 0 Å². The second-order valence-electron chi connectivity index (χ2n) is 5.31. The predicted molar refractivity (Wildman–Crippen MR) is 99.3 cm³/mol. The Balaban J connectivity index is 0.00000225. The first-order valence-electron chi connectivity index (χ1n) is 7.37. The second kappa shape index (κ2) is 8.05. The maximum atomic E-state index is 12.4. The highest BCUT2D eigenvalue weighted by Crippen LogP contribution is 2.26. The quantitative estimate of drug-likeness (QED) is 0.722. The fraction of sp³-hybridized carbons (Fsp3) is 0.267. The van der Waals surface area contributed by atoms with Gasteiger partial charge in [0.25, 0.3) is 15.9 Å². The molecule has 1 saturated heterocycles. The zero-order chi connectivity index (χ0) is 17.2. The summed E-state index contributed by atoms with van der Waals surface area (Å²) in [6, 6.07) is 7.30. The molecule has 3 rings (SSSR count). The van der Waals surface area contributed by atoms with Gasteiger partial charge in [-0.25, -0.2) is 8.42 Å². The summed E-state index contributed by atoms with van der Waals surface area (Å²) in [5.74, 6) is -0.508. The summed E-state index contributed by atoms with van der Waals surface area (Å²) in [6.07, 6.45) is 0. The van der Waals surface area contributed by atoms with E-state index in [4.69, 9.17) is 0 Å². The standard InChI is InChI=1S/C15H17N3O4S2.ClH/c19-13-10-11(17-24(21,22)14-2-1-9-23-14)3-4-12(13)15(20)18-7-5-16-6-8-18;/h1-4,9-10,16-17,19H,5-8H2;1H. The summed E-state index contributed by atoms with van der Waals surface area (Å²) >= 11 is 1.10. The van der Waals surface area contributed by atoms with Crippen molar-refractivity contribution in [3.05, 3.63) is 41.3 Å². The zero-order valence-electron chi connectivity index (χ0n) is 13.1. The number of amides is 1. The number of sulfonamides is 1. The molecule has 7 nitrogen and oxygen atoms in total. The smallest absolute Gasteiger partial charge is 0.271 e. The number of aromatic hydroxyl groups is 1. The molecule has 0 aliphatic carbocycles. The van der Waals surface area contributed by atoms with E-state index in [0.29, 0.717) is 26.2 Å². The van der Waals surface area contributed by atoms with E-state index < -0.39 is 10.0 Å². The Morgan fingerprint density at radius 2 is 1.96 bits per heavy atom. The number of benzene rings is 1. The van der Waals surface area contributed by atoms with Crippen LogP contribution < -0.4 is 10.0 Å². The Kier molecular flexibility index (Phi) is 6.28. The molecule has 0 bridgehead atoms. The van der Waals surface area contributed by atoms with Crippen molar-refractivity contribution in [2.75, 3.05) is 30.9 Å². The van der Waals surface area contributed by atoms with Crippen LogP contribution in [0.5, 0.6) is 5.75 Å². The summed E-state index contributed by atoms with van der Waals surface area (Å²) in [5, 5.41) is 14.9. The molecule has 0 saturated carbocycles. The first-order valence-corrected chi connectivity index (χ1v) is 9.73. The van der Waals surface area contributed by atoms with Crippen molar-refractivity contribution in [1.82, 2.24) is 10.2 Å². The molecule has 1 aliphatic rings. The van der Waals surface area contributed by atoms with Gasteiger partial charge in [0.2, 0.25) is 0 Å². The number of rotatable bonds is 4. The summed E-state index contributed by atoms with van der Waals surface area (Å²) in [6.45, 7) is 2.58. The molecule has 0 atom stereocenters. The van der Waals surface area contributed by atoms with Gasteiger partial charge in [0.1, 0.15) is 9.96 Å². The number of piperazine rings is 1. The number of carbonyl (C=O) groups excluding carboxylic acids is 1. The topological polar surface area (TPSA) is 98.7 Å². The van der Waals surface area contributed by atoms with Crippen molar-refractivity contribution in [2.45, 2.75) is 4.21 Å². The summed E-state index contributed by atoms with van der Waals surface area (Å²) in [7, 11) is -3.69. The third-order valence-electron chi connectivity index (χ3n) is 3.64. The van der Waals surface area contributed by atoms with E-state index in [9.17, 15) is 18.3 Å². The molecule has 1 fully saturated rings. The van der Waals surface area contributed by atoms with Crippen LogP contribution in [-0.2, 0) is 10.0 Å². The van der Waals surface area contributed by atoms with Crippen LogP contribution in [0.4, 0.5) is 5.69 Å². The van der Waals surface area contributed by atoms with Crippen LogP contribution >= 0.6 is 23.7 Å². The lowest BCUT2D eigenvalue weighted by molar-refractivity contribution is 0.0733. The van der Waals surface area contributed by atoms with Gasteiger partial charge in [0.05, 0.1) is 11.3 Å². The Labute approximate surface area is 156 Å². The van der Waals surface area contributed by atoms with E-state index in [1.54, 1.807) is 16.3 Å². The molecule has 0 unspecified atom stereocenters. The number of hydrogen-bond acceptors (Lipinski definition) is 6. The van der Waals surface area contributed by atoms with Gasteiger partial charge in [-0.3, -0.25) is 9.52 Å². The minimum atomic E-state index is -3.69. The third kappa shape index (κ3) is 4.43. The number of halogens is 1. The van der Waals surface area contributed by atoms with Crippen molar-refractivity contribution in [3.63, 3.8) is 0 Å². The molecule has 1 amide bonds. The van der Waals surface area contributed by atoms with E-state index in [1.165, 1.54) is 24.3 Å². The fourth-order valence-corrected chi connectivity index (χ4v) is 4.48. The van der Waals surface area contributed by atoms with Gasteiger partial charge in [0.15, 0.2) is 0 Å². The minimum Gasteiger partial charge on any atom is -0.507 e. The number of nitrogens with zero attached hydrogens (tertiary/aromatic N) is 1. The van der Waals surface area contributed by atoms with Crippen LogP contribution in [0.15, 0.2) is 39.9 Å². The summed E-state index contributed by atoms with van der Waals surface area (Å²) in [4.78, 5) is 14.1. The molecule has 136 valence electrons. The SMILES string of the molecule is Cl.O=C(c1ccc(NS(=O)(=O)c2cccs2)cc1O)N1CCNCC1. The molecule has 10 heteroatoms. The van der Waals surface area contributed by atoms with Crippen LogP contribution in [0.2, 0.25) is 0 Å². The molecular formula is C15H18ClN3O4S2. The maximum absolute atomic E-state index is 12.4. The van der Waals surface area contributed by atoms with Crippen LogP contribution in [0.25, 0.3) is 0 Å². The number of phenolic OH excluding ortho intramolecular Hbond substituents is 1. The summed E-state index contributed by atoms with van der Waals surface area (Å²) in [5.41, 5.74) is 0.369. The van der Waals surface area contributed by atoms with E-state index in [2.05, 4.69) is 10.0 Å². The Hall–Kier alpha value is -1.81. The largest absolute Gasteiger partial charge is 0.507 e. The minimum absolute atomic E-state index is 0. The molecular weight excluding hydrogens is 386 g/mol. The molecule has 0 radical (unpaired) electrons. The fourth-order valence-electron chi connectivity index (χ4n) is 2.44. The normalized spacial score (nSPS) is 14.6. The number of nitrogens with one attached hydrogen (secondary N) is 2. The molecule has 1 aromatic carbocycles. The molecule has 1 aliphatic heterocycles. The van der Waals surface area contributed by atoms with E-state index >= 15 is 0 Å². The number of carbonyl (C=O) groups is 1. The van der Waals surface area contributed by atoms with Crippen LogP contribution in [0.1, 0.15) is 10.4 Å². The maximum Gasteiger partial charge on any atom is 0.271 e. The molecule has 0 spiro atoms. The molecule has 2 heterocycles. The molecule has 1 aromatic heterocycles. The average molecular weight is 404 g/mol. The third-order valence-corrected chi connectivity index (χ3v) is 6.42. The van der Waals surface area contributed by atoms with Gasteiger partial charge >= 0.3 is 0 Å². The van der Waals surface area contributed by atoms with Gasteiger partial charge in [-0.15, -0.1) is 23.7 Å². The Morgan fingerprint density at radius 1 is 1.24 bits per heavy atom. The van der Waals surface area contributed by atoms with Crippen LogP contribution in [-0.4, -0.2) is 50.5 Å². The number of hydrogen-bond donors (Lipinski definition) is 3. The Bertz CT molecular complexity index is 834. The highest BCUT2D eigenvalue weighted by molar-refractivity contribution is 7.94. The van der Waals surface area contributed by atoms with Crippen molar-refractivity contribution >= 4 is 45.4 Å². The van der Waals surface area contributed by atoms with Gasteiger partial charge in [-0.2, -0.15) is 0 Å². The number of thiophene rings is 1. The number of phenols is 1. The van der Waals surface area contributed by atoms with E-state index in [1.807, 2.05) is 0 Å². The summed E-state index contributed by atoms with van der Waals surface area (Å²) < 4.78 is 26.9. The van der Waals surface area contributed by atoms with Gasteiger partial charge in [-0.05, 0) is 23.6 Å². The van der Waals surface area contributed by atoms with Crippen molar-refractivity contribution in [3.8, 4) is 5.75 Å². The van der Waals surface area contributed by atoms with Gasteiger partial charge < -0.3 is 15.3 Å². The van der Waals surface area contributed by atoms with E-state index in [0.717, 1.165) is 11.3 Å². The van der Waals surface area contributed by atoms with Crippen molar-refractivity contribution in [1.29, 1.82) is 0 Å². The first kappa shape index (κ1) is 19.5. The first-order chi connectivity index (χ1) is 11.5. The second-order valence-corrected chi connectivity index (χ2v) is 8.17. The lowest BCUT2D eigenvalue weighted by Gasteiger charge is -2.27. The predicted octanol–water partition coefficient (Wildman–Crippen LogP) is 1.72. The van der Waals surface area contributed by atoms with Crippen molar-refractivity contribution in [2.24, 2.45) is 0 Å². The molecule has 3 N–H and O–H groups in total. The monoisotopic (exact) mass is 403 g/mol. The highest BCUT2D eigenvalue weighted by Gasteiger charge is 2.22.